The summed E-state index contributed by atoms with van der Waals surface area (Å²) in [6.45, 7) is 5.61. The highest BCUT2D eigenvalue weighted by molar-refractivity contribution is 5.98. The van der Waals surface area contributed by atoms with Crippen molar-refractivity contribution in [3.8, 4) is 0 Å². The molecule has 1 saturated carbocycles. The molecule has 2 saturated heterocycles. The van der Waals surface area contributed by atoms with Crippen LogP contribution in [0.5, 0.6) is 0 Å². The topological polar surface area (TPSA) is 64.7 Å². The molecule has 0 radical (unpaired) electrons. The summed E-state index contributed by atoms with van der Waals surface area (Å²) in [5, 5.41) is 6.47. The number of halogens is 1. The Hall–Kier alpha value is -1.63. The Kier molecular flexibility index (Phi) is 7.92. The smallest absolute Gasteiger partial charge is 0.254 e. The molecule has 3 fully saturated rings. The second-order valence-corrected chi connectivity index (χ2v) is 8.32. The molecule has 160 valence electrons. The molecule has 3 unspecified atom stereocenters. The van der Waals surface area contributed by atoms with E-state index in [0.717, 1.165) is 58.4 Å². The molecule has 2 aliphatic heterocycles. The van der Waals surface area contributed by atoms with Gasteiger partial charge in [0.2, 0.25) is 5.91 Å². The van der Waals surface area contributed by atoms with Crippen molar-refractivity contribution in [3.63, 3.8) is 0 Å². The van der Waals surface area contributed by atoms with Gasteiger partial charge in [0, 0.05) is 50.9 Å². The van der Waals surface area contributed by atoms with Gasteiger partial charge in [0.05, 0.1) is 0 Å². The lowest BCUT2D eigenvalue weighted by Gasteiger charge is -2.34. The average molecular weight is 421 g/mol. The maximum atomic E-state index is 13.3. The van der Waals surface area contributed by atoms with Crippen LogP contribution >= 0.6 is 12.4 Å². The van der Waals surface area contributed by atoms with Gasteiger partial charge in [-0.15, -0.1) is 12.4 Å². The zero-order valence-corrected chi connectivity index (χ0v) is 17.8. The Balaban J connectivity index is 0.00000240. The van der Waals surface area contributed by atoms with Crippen molar-refractivity contribution < 1.29 is 9.59 Å². The fraction of sp³-hybridized carbons (Fsp3) is 0.636. The number of hydrogen-bond acceptors (Lipinski definition) is 4. The third-order valence-electron chi connectivity index (χ3n) is 6.58. The highest BCUT2D eigenvalue weighted by Crippen LogP contribution is 2.40. The van der Waals surface area contributed by atoms with Crippen LogP contribution in [-0.4, -0.2) is 73.0 Å². The predicted molar refractivity (Wildman–Crippen MR) is 116 cm³/mol. The lowest BCUT2D eigenvalue weighted by atomic mass is 9.84. The minimum absolute atomic E-state index is 0. The minimum atomic E-state index is -0.330. The van der Waals surface area contributed by atoms with Gasteiger partial charge in [0.15, 0.2) is 0 Å². The number of carbonyl (C=O) groups is 2. The molecular weight excluding hydrogens is 388 g/mol. The van der Waals surface area contributed by atoms with Crippen molar-refractivity contribution in [2.24, 2.45) is 5.92 Å². The minimum Gasteiger partial charge on any atom is -0.353 e. The number of rotatable bonds is 5. The molecule has 0 spiro atoms. The van der Waals surface area contributed by atoms with Gasteiger partial charge in [-0.25, -0.2) is 0 Å². The third kappa shape index (κ3) is 5.11. The maximum absolute atomic E-state index is 13.3. The largest absolute Gasteiger partial charge is 0.353 e. The molecule has 2 heterocycles. The Bertz CT molecular complexity index is 681. The van der Waals surface area contributed by atoms with Crippen LogP contribution in [0.15, 0.2) is 30.3 Å². The average Bonchev–Trinajstić information content (AvgIpc) is 3.14. The molecule has 2 N–H and O–H groups in total. The number of carbonyl (C=O) groups excluding carboxylic acids is 2. The fourth-order valence-corrected chi connectivity index (χ4v) is 5.11. The van der Waals surface area contributed by atoms with E-state index >= 15 is 0 Å². The summed E-state index contributed by atoms with van der Waals surface area (Å²) in [4.78, 5) is 30.6. The van der Waals surface area contributed by atoms with Gasteiger partial charge in [-0.3, -0.25) is 14.5 Å². The summed E-state index contributed by atoms with van der Waals surface area (Å²) >= 11 is 0. The van der Waals surface area contributed by atoms with E-state index in [1.807, 2.05) is 35.2 Å². The molecule has 4 rings (SSSR count). The predicted octanol–water partition coefficient (Wildman–Crippen LogP) is 1.90. The summed E-state index contributed by atoms with van der Waals surface area (Å²) in [6, 6.07) is 9.31. The summed E-state index contributed by atoms with van der Waals surface area (Å²) in [5.74, 6) is 0.497. The first kappa shape index (κ1) is 22.1. The Morgan fingerprint density at radius 1 is 1.07 bits per heavy atom. The summed E-state index contributed by atoms with van der Waals surface area (Å²) in [7, 11) is 0. The highest BCUT2D eigenvalue weighted by Gasteiger charge is 2.47. The summed E-state index contributed by atoms with van der Waals surface area (Å²) < 4.78 is 0. The van der Waals surface area contributed by atoms with E-state index in [9.17, 15) is 9.59 Å². The van der Waals surface area contributed by atoms with Gasteiger partial charge in [-0.1, -0.05) is 31.0 Å². The van der Waals surface area contributed by atoms with Crippen molar-refractivity contribution in [2.45, 2.75) is 44.2 Å². The van der Waals surface area contributed by atoms with Crippen LogP contribution < -0.4 is 10.6 Å². The van der Waals surface area contributed by atoms with E-state index < -0.39 is 0 Å². The number of hydrogen-bond donors (Lipinski definition) is 2. The number of nitrogens with one attached hydrogen (secondary N) is 2. The van der Waals surface area contributed by atoms with Crippen molar-refractivity contribution in [1.29, 1.82) is 0 Å². The summed E-state index contributed by atoms with van der Waals surface area (Å²) in [5.41, 5.74) is 0.687. The highest BCUT2D eigenvalue weighted by atomic mass is 35.5. The number of piperazine rings is 1. The Morgan fingerprint density at radius 2 is 1.79 bits per heavy atom. The fourth-order valence-electron chi connectivity index (χ4n) is 5.11. The second-order valence-electron chi connectivity index (χ2n) is 8.32. The van der Waals surface area contributed by atoms with E-state index in [-0.39, 0.29) is 36.3 Å². The van der Waals surface area contributed by atoms with Crippen LogP contribution in [-0.2, 0) is 4.79 Å². The number of fused-ring (bicyclic) bond motifs is 1. The molecule has 3 aliphatic rings. The van der Waals surface area contributed by atoms with E-state index in [4.69, 9.17) is 0 Å². The van der Waals surface area contributed by atoms with Gasteiger partial charge in [0.25, 0.3) is 5.91 Å². The van der Waals surface area contributed by atoms with Gasteiger partial charge in [-0.2, -0.15) is 0 Å². The molecule has 2 amide bonds. The van der Waals surface area contributed by atoms with Gasteiger partial charge >= 0.3 is 0 Å². The Labute approximate surface area is 179 Å². The number of likely N-dealkylation sites (tertiary alicyclic amines) is 1. The number of nitrogens with zero attached hydrogens (tertiary/aromatic N) is 2. The number of amides is 2. The second kappa shape index (κ2) is 10.4. The molecule has 3 atom stereocenters. The van der Waals surface area contributed by atoms with E-state index in [1.54, 1.807) is 0 Å². The van der Waals surface area contributed by atoms with Gasteiger partial charge < -0.3 is 15.5 Å². The lowest BCUT2D eigenvalue weighted by molar-refractivity contribution is -0.125. The van der Waals surface area contributed by atoms with Crippen molar-refractivity contribution in [3.05, 3.63) is 35.9 Å². The standard InChI is InChI=1S/C22H32N4O2.ClH/c27-21(24-12-15-25-13-10-23-11-14-25)20-16-18-8-4-5-9-19(18)26(20)22(28)17-6-2-1-3-7-17;/h1-3,6-7,18-20,23H,4-5,8-16H2,(H,24,27);1H. The van der Waals surface area contributed by atoms with E-state index in [0.29, 0.717) is 18.0 Å². The van der Waals surface area contributed by atoms with Crippen LogP contribution in [0.25, 0.3) is 0 Å². The van der Waals surface area contributed by atoms with Crippen molar-refractivity contribution in [1.82, 2.24) is 20.4 Å². The van der Waals surface area contributed by atoms with Crippen LogP contribution in [0.1, 0.15) is 42.5 Å². The molecule has 1 aliphatic carbocycles. The van der Waals surface area contributed by atoms with Crippen LogP contribution in [0, 0.1) is 5.92 Å². The zero-order valence-electron chi connectivity index (χ0n) is 17.0. The molecule has 7 heteroatoms. The molecule has 1 aromatic rings. The monoisotopic (exact) mass is 420 g/mol. The SMILES string of the molecule is Cl.O=C(NCCN1CCNCC1)C1CC2CCCCC2N1C(=O)c1ccccc1. The van der Waals surface area contributed by atoms with E-state index in [1.165, 1.54) is 6.42 Å². The van der Waals surface area contributed by atoms with Gasteiger partial charge in [0.1, 0.15) is 6.04 Å². The Morgan fingerprint density at radius 3 is 2.55 bits per heavy atom. The molecule has 0 aromatic heterocycles. The van der Waals surface area contributed by atoms with Gasteiger partial charge in [-0.05, 0) is 37.3 Å². The van der Waals surface area contributed by atoms with E-state index in [2.05, 4.69) is 15.5 Å². The molecule has 1 aromatic carbocycles. The van der Waals surface area contributed by atoms with Crippen molar-refractivity contribution in [2.75, 3.05) is 39.3 Å². The quantitative estimate of drug-likeness (QED) is 0.763. The first-order valence-corrected chi connectivity index (χ1v) is 10.8. The van der Waals surface area contributed by atoms with Crippen LogP contribution in [0.4, 0.5) is 0 Å². The molecule has 0 bridgehead atoms. The maximum Gasteiger partial charge on any atom is 0.254 e. The normalized spacial score (nSPS) is 27.0. The van der Waals surface area contributed by atoms with Crippen LogP contribution in [0.3, 0.4) is 0 Å². The molecule has 29 heavy (non-hydrogen) atoms. The lowest BCUT2D eigenvalue weighted by Crippen LogP contribution is -2.51. The summed E-state index contributed by atoms with van der Waals surface area (Å²) in [6.07, 6.45) is 5.33. The zero-order chi connectivity index (χ0) is 19.3. The van der Waals surface area contributed by atoms with Crippen molar-refractivity contribution >= 4 is 24.2 Å². The third-order valence-corrected chi connectivity index (χ3v) is 6.58. The van der Waals surface area contributed by atoms with Crippen LogP contribution in [0.2, 0.25) is 0 Å². The molecular formula is C22H33ClN4O2. The first-order valence-electron chi connectivity index (χ1n) is 10.8. The number of benzene rings is 1. The molecule has 6 nitrogen and oxygen atoms in total. The first-order chi connectivity index (χ1) is 13.7.